The zero-order chi connectivity index (χ0) is 17.9. The lowest BCUT2D eigenvalue weighted by atomic mass is 9.87. The Labute approximate surface area is 148 Å². The van der Waals surface area contributed by atoms with Crippen molar-refractivity contribution in [2.45, 2.75) is 57.4 Å². The molecule has 0 radical (unpaired) electrons. The lowest BCUT2D eigenvalue weighted by Crippen LogP contribution is -2.54. The number of aryl methyl sites for hydroxylation is 1. The van der Waals surface area contributed by atoms with Crippen LogP contribution in [0.25, 0.3) is 0 Å². The van der Waals surface area contributed by atoms with Crippen LogP contribution in [0.5, 0.6) is 0 Å². The monoisotopic (exact) mass is 348 g/mol. The van der Waals surface area contributed by atoms with Crippen LogP contribution in [-0.4, -0.2) is 51.4 Å². The molecule has 0 aromatic carbocycles. The highest BCUT2D eigenvalue weighted by Gasteiger charge is 2.45. The number of carboxylic acids is 1. The predicted octanol–water partition coefficient (Wildman–Crippen LogP) is 2.36. The van der Waals surface area contributed by atoms with E-state index in [2.05, 4.69) is 10.4 Å². The van der Waals surface area contributed by atoms with Gasteiger partial charge in [0.25, 0.3) is 0 Å². The molecule has 1 saturated carbocycles. The number of nitrogens with zero attached hydrogens (tertiary/aromatic N) is 3. The molecule has 25 heavy (non-hydrogen) atoms. The van der Waals surface area contributed by atoms with E-state index in [0.29, 0.717) is 31.8 Å². The standard InChI is InChI=1S/C18H28N4O3/c1-14-11-20-22(13-14)18(16(23)24)7-9-21(10-8-18)17(25)19-12-15-5-3-2-4-6-15/h11,13,15H,2-10,12H2,1H3,(H,19,25)(H,23,24). The molecule has 1 aliphatic carbocycles. The van der Waals surface area contributed by atoms with Crippen molar-refractivity contribution < 1.29 is 14.7 Å². The maximum atomic E-state index is 12.4. The SMILES string of the molecule is Cc1cnn(C2(C(=O)O)CCN(C(=O)NCC3CCCCC3)CC2)c1. The molecule has 3 rings (SSSR count). The number of carboxylic acid groups (broad SMARTS) is 1. The van der Waals surface area contributed by atoms with E-state index in [1.54, 1.807) is 22.0 Å². The van der Waals surface area contributed by atoms with Gasteiger partial charge >= 0.3 is 12.0 Å². The number of hydrogen-bond donors (Lipinski definition) is 2. The minimum Gasteiger partial charge on any atom is -0.479 e. The summed E-state index contributed by atoms with van der Waals surface area (Å²) in [7, 11) is 0. The van der Waals surface area contributed by atoms with Gasteiger partial charge in [0.15, 0.2) is 5.54 Å². The smallest absolute Gasteiger partial charge is 0.331 e. The lowest BCUT2D eigenvalue weighted by Gasteiger charge is -2.39. The Morgan fingerprint density at radius 1 is 1.28 bits per heavy atom. The molecule has 2 amide bonds. The molecule has 7 heteroatoms. The Morgan fingerprint density at radius 3 is 2.52 bits per heavy atom. The van der Waals surface area contributed by atoms with Gasteiger partial charge in [-0.3, -0.25) is 4.68 Å². The zero-order valence-electron chi connectivity index (χ0n) is 14.9. The van der Waals surface area contributed by atoms with E-state index in [-0.39, 0.29) is 6.03 Å². The highest BCUT2D eigenvalue weighted by molar-refractivity contribution is 5.78. The molecule has 0 spiro atoms. The average molecular weight is 348 g/mol. The van der Waals surface area contributed by atoms with Crippen LogP contribution in [0.1, 0.15) is 50.5 Å². The number of nitrogens with one attached hydrogen (secondary N) is 1. The molecule has 2 heterocycles. The van der Waals surface area contributed by atoms with E-state index < -0.39 is 11.5 Å². The number of carbonyl (C=O) groups is 2. The fraction of sp³-hybridized carbons (Fsp3) is 0.722. The second-order valence-electron chi connectivity index (χ2n) is 7.48. The summed E-state index contributed by atoms with van der Waals surface area (Å²) in [5.41, 5.74) is -0.109. The van der Waals surface area contributed by atoms with Crippen LogP contribution >= 0.6 is 0 Å². The van der Waals surface area contributed by atoms with Crippen LogP contribution in [0.2, 0.25) is 0 Å². The summed E-state index contributed by atoms with van der Waals surface area (Å²) in [4.78, 5) is 26.1. The number of carbonyl (C=O) groups excluding carboxylic acids is 1. The van der Waals surface area contributed by atoms with Crippen LogP contribution in [0.3, 0.4) is 0 Å². The van der Waals surface area contributed by atoms with Gasteiger partial charge in [-0.2, -0.15) is 5.10 Å². The number of aromatic nitrogens is 2. The van der Waals surface area contributed by atoms with Gasteiger partial charge in [0.2, 0.25) is 0 Å². The number of aliphatic carboxylic acids is 1. The van der Waals surface area contributed by atoms with Crippen molar-refractivity contribution in [2.75, 3.05) is 19.6 Å². The van der Waals surface area contributed by atoms with E-state index in [0.717, 1.165) is 12.1 Å². The summed E-state index contributed by atoms with van der Waals surface area (Å²) >= 11 is 0. The molecule has 2 aliphatic rings. The molecule has 1 saturated heterocycles. The van der Waals surface area contributed by atoms with Crippen molar-refractivity contribution in [1.82, 2.24) is 20.0 Å². The molecule has 138 valence electrons. The van der Waals surface area contributed by atoms with Crippen molar-refractivity contribution in [1.29, 1.82) is 0 Å². The summed E-state index contributed by atoms with van der Waals surface area (Å²) in [6, 6.07) is -0.0683. The molecule has 1 aromatic rings. The third kappa shape index (κ3) is 3.80. The van der Waals surface area contributed by atoms with Gasteiger partial charge in [0.05, 0.1) is 6.20 Å². The predicted molar refractivity (Wildman–Crippen MR) is 93.4 cm³/mol. The lowest BCUT2D eigenvalue weighted by molar-refractivity contribution is -0.150. The van der Waals surface area contributed by atoms with Crippen LogP contribution in [0, 0.1) is 12.8 Å². The van der Waals surface area contributed by atoms with Crippen LogP contribution in [0.4, 0.5) is 4.79 Å². The molecule has 1 aliphatic heterocycles. The van der Waals surface area contributed by atoms with Crippen molar-refractivity contribution in [3.8, 4) is 0 Å². The van der Waals surface area contributed by atoms with Crippen molar-refractivity contribution in [2.24, 2.45) is 5.92 Å². The van der Waals surface area contributed by atoms with Gasteiger partial charge in [-0.15, -0.1) is 0 Å². The fourth-order valence-electron chi connectivity index (χ4n) is 4.00. The summed E-state index contributed by atoms with van der Waals surface area (Å²) in [5, 5.41) is 17.0. The third-order valence-electron chi connectivity index (χ3n) is 5.69. The molecular weight excluding hydrogens is 320 g/mol. The summed E-state index contributed by atoms with van der Waals surface area (Å²) in [6.07, 6.45) is 10.4. The van der Waals surface area contributed by atoms with Gasteiger partial charge in [-0.1, -0.05) is 19.3 Å². The molecule has 0 bridgehead atoms. The Balaban J connectivity index is 1.56. The Kier molecular flexibility index (Phi) is 5.30. The normalized spacial score (nSPS) is 21.1. The van der Waals surface area contributed by atoms with E-state index in [1.165, 1.54) is 32.1 Å². The molecule has 0 atom stereocenters. The summed E-state index contributed by atoms with van der Waals surface area (Å²) in [5.74, 6) is -0.287. The molecule has 2 N–H and O–H groups in total. The first-order valence-electron chi connectivity index (χ1n) is 9.29. The molecule has 1 aromatic heterocycles. The van der Waals surface area contributed by atoms with Gasteiger partial charge in [-0.25, -0.2) is 9.59 Å². The number of rotatable bonds is 4. The molecular formula is C18H28N4O3. The highest BCUT2D eigenvalue weighted by Crippen LogP contribution is 2.30. The maximum Gasteiger partial charge on any atom is 0.331 e. The van der Waals surface area contributed by atoms with Crippen LogP contribution < -0.4 is 5.32 Å². The zero-order valence-corrected chi connectivity index (χ0v) is 14.9. The Morgan fingerprint density at radius 2 is 1.96 bits per heavy atom. The first-order valence-corrected chi connectivity index (χ1v) is 9.29. The largest absolute Gasteiger partial charge is 0.479 e. The van der Waals surface area contributed by atoms with Crippen molar-refractivity contribution >= 4 is 12.0 Å². The van der Waals surface area contributed by atoms with E-state index in [1.807, 2.05) is 6.92 Å². The summed E-state index contributed by atoms with van der Waals surface area (Å²) in [6.45, 7) is 3.49. The summed E-state index contributed by atoms with van der Waals surface area (Å²) < 4.78 is 1.56. The minimum absolute atomic E-state index is 0.0683. The number of likely N-dealkylation sites (tertiary alicyclic amines) is 1. The maximum absolute atomic E-state index is 12.4. The van der Waals surface area contributed by atoms with Gasteiger partial charge in [-0.05, 0) is 31.2 Å². The number of amides is 2. The van der Waals surface area contributed by atoms with E-state index in [4.69, 9.17) is 0 Å². The number of hydrogen-bond acceptors (Lipinski definition) is 3. The Hall–Kier alpha value is -2.05. The van der Waals surface area contributed by atoms with Gasteiger partial charge in [0, 0.05) is 38.7 Å². The average Bonchev–Trinajstić information content (AvgIpc) is 3.07. The first kappa shape index (κ1) is 17.8. The second-order valence-corrected chi connectivity index (χ2v) is 7.48. The Bertz CT molecular complexity index is 614. The van der Waals surface area contributed by atoms with Gasteiger partial charge < -0.3 is 15.3 Å². The van der Waals surface area contributed by atoms with Crippen molar-refractivity contribution in [3.63, 3.8) is 0 Å². The fourth-order valence-corrected chi connectivity index (χ4v) is 4.00. The van der Waals surface area contributed by atoms with Gasteiger partial charge in [0.1, 0.15) is 0 Å². The van der Waals surface area contributed by atoms with E-state index >= 15 is 0 Å². The third-order valence-corrected chi connectivity index (χ3v) is 5.69. The quantitative estimate of drug-likeness (QED) is 0.874. The van der Waals surface area contributed by atoms with Crippen LogP contribution in [-0.2, 0) is 10.3 Å². The molecule has 7 nitrogen and oxygen atoms in total. The van der Waals surface area contributed by atoms with Crippen LogP contribution in [0.15, 0.2) is 12.4 Å². The second kappa shape index (κ2) is 7.45. The minimum atomic E-state index is -1.05. The van der Waals surface area contributed by atoms with E-state index in [9.17, 15) is 14.7 Å². The number of urea groups is 1. The topological polar surface area (TPSA) is 87.5 Å². The highest BCUT2D eigenvalue weighted by atomic mass is 16.4. The number of piperidine rings is 1. The van der Waals surface area contributed by atoms with Crippen molar-refractivity contribution in [3.05, 3.63) is 18.0 Å². The molecule has 2 fully saturated rings. The first-order chi connectivity index (χ1) is 12.0. The molecule has 0 unspecified atom stereocenters.